The molecule has 0 aromatic heterocycles. The van der Waals surface area contributed by atoms with Crippen LogP contribution in [0, 0.1) is 10.8 Å². The highest BCUT2D eigenvalue weighted by molar-refractivity contribution is 9.12. The number of unbranched alkanes of at least 4 members (excludes halogenated alkanes) is 4. The highest BCUT2D eigenvalue weighted by Gasteiger charge is 2.07. The van der Waals surface area contributed by atoms with Crippen molar-refractivity contribution in [3.8, 4) is 10.8 Å². The number of hydrogen-bond acceptors (Lipinski definition) is 2. The third-order valence-corrected chi connectivity index (χ3v) is 3.95. The maximum atomic E-state index is 10.9. The Morgan fingerprint density at radius 3 is 2.26 bits per heavy atom. The van der Waals surface area contributed by atoms with Crippen LogP contribution in [0.5, 0.6) is 0 Å². The molecule has 104 valence electrons. The number of halogens is 1. The van der Waals surface area contributed by atoms with Crippen molar-refractivity contribution in [1.82, 2.24) is 0 Å². The summed E-state index contributed by atoms with van der Waals surface area (Å²) in [6, 6.07) is 6.38. The first-order chi connectivity index (χ1) is 9.04. The number of aryl methyl sites for hydroxylation is 1. The Hall–Kier alpha value is -0.830. The van der Waals surface area contributed by atoms with E-state index in [4.69, 9.17) is 4.55 Å². The zero-order valence-corrected chi connectivity index (χ0v) is 13.0. The van der Waals surface area contributed by atoms with Crippen LogP contribution in [0.15, 0.2) is 29.2 Å². The third kappa shape index (κ3) is 6.76. The highest BCUT2D eigenvalue weighted by Crippen LogP contribution is 2.13. The average molecular weight is 345 g/mol. The monoisotopic (exact) mass is 344 g/mol. The molecule has 0 amide bonds. The van der Waals surface area contributed by atoms with Crippen LogP contribution in [0.25, 0.3) is 0 Å². The van der Waals surface area contributed by atoms with Crippen molar-refractivity contribution in [3.63, 3.8) is 0 Å². The largest absolute Gasteiger partial charge is 0.294 e. The molecule has 0 heterocycles. The van der Waals surface area contributed by atoms with Crippen molar-refractivity contribution < 1.29 is 13.0 Å². The van der Waals surface area contributed by atoms with Gasteiger partial charge in [0.25, 0.3) is 10.1 Å². The lowest BCUT2D eigenvalue weighted by Crippen LogP contribution is -1.97. The van der Waals surface area contributed by atoms with Crippen LogP contribution in [-0.4, -0.2) is 13.0 Å². The van der Waals surface area contributed by atoms with E-state index in [9.17, 15) is 8.42 Å². The SMILES string of the molecule is O=S(=O)(O)c1ccc(CCCCCCC#CBr)cc1. The summed E-state index contributed by atoms with van der Waals surface area (Å²) in [5, 5.41) is 0. The maximum Gasteiger partial charge on any atom is 0.294 e. The fourth-order valence-corrected chi connectivity index (χ4v) is 2.45. The lowest BCUT2D eigenvalue weighted by atomic mass is 10.1. The van der Waals surface area contributed by atoms with Crippen LogP contribution >= 0.6 is 15.9 Å². The second-order valence-electron chi connectivity index (χ2n) is 4.30. The van der Waals surface area contributed by atoms with Crippen molar-refractivity contribution in [2.75, 3.05) is 0 Å². The summed E-state index contributed by atoms with van der Waals surface area (Å²) in [5.74, 6) is 2.96. The molecular formula is C14H17BrO3S. The second-order valence-corrected chi connectivity index (χ2v) is 6.12. The standard InChI is InChI=1S/C14H17BrO3S/c15-12-6-4-2-1-3-5-7-13-8-10-14(11-9-13)19(16,17)18/h8-11H,1-5,7H2,(H,16,17,18). The van der Waals surface area contributed by atoms with Gasteiger partial charge in [0.05, 0.1) is 4.90 Å². The molecule has 0 unspecified atom stereocenters. The Kier molecular flexibility index (Phi) is 7.14. The summed E-state index contributed by atoms with van der Waals surface area (Å²) in [4.78, 5) is 2.64. The van der Waals surface area contributed by atoms with Gasteiger partial charge in [0.15, 0.2) is 0 Å². The molecule has 0 saturated carbocycles. The van der Waals surface area contributed by atoms with Crippen molar-refractivity contribution in [3.05, 3.63) is 29.8 Å². The summed E-state index contributed by atoms with van der Waals surface area (Å²) in [7, 11) is -4.07. The van der Waals surface area contributed by atoms with Gasteiger partial charge in [-0.25, -0.2) is 0 Å². The quantitative estimate of drug-likeness (QED) is 0.465. The topological polar surface area (TPSA) is 54.4 Å². The minimum atomic E-state index is -4.07. The normalized spacial score (nSPS) is 10.8. The molecule has 0 aliphatic rings. The number of hydrogen-bond donors (Lipinski definition) is 1. The van der Waals surface area contributed by atoms with Crippen LogP contribution in [0.2, 0.25) is 0 Å². The van der Waals surface area contributed by atoms with Crippen molar-refractivity contribution in [1.29, 1.82) is 0 Å². The Morgan fingerprint density at radius 1 is 1.05 bits per heavy atom. The molecule has 1 N–H and O–H groups in total. The van der Waals surface area contributed by atoms with Crippen molar-refractivity contribution >= 4 is 26.0 Å². The second kappa shape index (κ2) is 8.36. The molecule has 1 aromatic carbocycles. The summed E-state index contributed by atoms with van der Waals surface area (Å²) >= 11 is 3.06. The molecule has 0 atom stereocenters. The Morgan fingerprint density at radius 2 is 1.68 bits per heavy atom. The fourth-order valence-electron chi connectivity index (χ4n) is 1.77. The first kappa shape index (κ1) is 16.2. The lowest BCUT2D eigenvalue weighted by Gasteiger charge is -2.02. The summed E-state index contributed by atoms with van der Waals surface area (Å²) in [6.07, 6.45) is 6.34. The molecule has 0 saturated heterocycles. The highest BCUT2D eigenvalue weighted by atomic mass is 79.9. The summed E-state index contributed by atoms with van der Waals surface area (Å²) < 4.78 is 30.6. The van der Waals surface area contributed by atoms with Gasteiger partial charge in [-0.2, -0.15) is 8.42 Å². The van der Waals surface area contributed by atoms with E-state index in [1.54, 1.807) is 12.1 Å². The number of rotatable bonds is 7. The zero-order valence-electron chi connectivity index (χ0n) is 10.6. The molecule has 0 aliphatic carbocycles. The van der Waals surface area contributed by atoms with Gasteiger partial charge in [0, 0.05) is 22.4 Å². The predicted molar refractivity (Wildman–Crippen MR) is 79.7 cm³/mol. The van der Waals surface area contributed by atoms with Crippen LogP contribution in [0.3, 0.4) is 0 Å². The van der Waals surface area contributed by atoms with Crippen LogP contribution in [0.4, 0.5) is 0 Å². The van der Waals surface area contributed by atoms with Gasteiger partial charge in [-0.3, -0.25) is 4.55 Å². The van der Waals surface area contributed by atoms with Crippen LogP contribution < -0.4 is 0 Å². The van der Waals surface area contributed by atoms with E-state index in [0.717, 1.165) is 44.1 Å². The smallest absolute Gasteiger partial charge is 0.282 e. The van der Waals surface area contributed by atoms with E-state index in [1.165, 1.54) is 12.1 Å². The van der Waals surface area contributed by atoms with E-state index in [2.05, 4.69) is 26.7 Å². The Bertz CT molecular complexity index is 538. The van der Waals surface area contributed by atoms with Gasteiger partial charge in [0.1, 0.15) is 0 Å². The predicted octanol–water partition coefficient (Wildman–Crippen LogP) is 3.78. The van der Waals surface area contributed by atoms with Gasteiger partial charge >= 0.3 is 0 Å². The molecule has 0 radical (unpaired) electrons. The third-order valence-electron chi connectivity index (χ3n) is 2.81. The van der Waals surface area contributed by atoms with E-state index in [0.29, 0.717) is 0 Å². The minimum absolute atomic E-state index is 0.0513. The van der Waals surface area contributed by atoms with E-state index in [1.807, 2.05) is 0 Å². The molecule has 1 rings (SSSR count). The molecule has 5 heteroatoms. The fraction of sp³-hybridized carbons (Fsp3) is 0.429. The van der Waals surface area contributed by atoms with Crippen LogP contribution in [-0.2, 0) is 16.5 Å². The van der Waals surface area contributed by atoms with Crippen molar-refractivity contribution in [2.45, 2.75) is 43.4 Å². The first-order valence-electron chi connectivity index (χ1n) is 6.19. The molecule has 0 bridgehead atoms. The minimum Gasteiger partial charge on any atom is -0.282 e. The van der Waals surface area contributed by atoms with Gasteiger partial charge in [-0.15, -0.1) is 0 Å². The molecule has 1 aromatic rings. The van der Waals surface area contributed by atoms with Gasteiger partial charge in [-0.1, -0.05) is 30.9 Å². The zero-order chi connectivity index (χ0) is 14.1. The number of benzene rings is 1. The van der Waals surface area contributed by atoms with Gasteiger partial charge in [-0.05, 0) is 41.8 Å². The molecule has 0 fully saturated rings. The summed E-state index contributed by atoms with van der Waals surface area (Å²) in [6.45, 7) is 0. The van der Waals surface area contributed by atoms with Crippen LogP contribution in [0.1, 0.15) is 37.7 Å². The van der Waals surface area contributed by atoms with Gasteiger partial charge < -0.3 is 0 Å². The molecule has 0 aliphatic heterocycles. The maximum absolute atomic E-state index is 10.9. The van der Waals surface area contributed by atoms with E-state index >= 15 is 0 Å². The summed E-state index contributed by atoms with van der Waals surface area (Å²) in [5.41, 5.74) is 1.09. The van der Waals surface area contributed by atoms with E-state index < -0.39 is 10.1 Å². The van der Waals surface area contributed by atoms with E-state index in [-0.39, 0.29) is 4.90 Å². The Labute approximate surface area is 123 Å². The first-order valence-corrected chi connectivity index (χ1v) is 8.42. The molecule has 19 heavy (non-hydrogen) atoms. The van der Waals surface area contributed by atoms with Gasteiger partial charge in [0.2, 0.25) is 0 Å². The Balaban J connectivity index is 2.28. The lowest BCUT2D eigenvalue weighted by molar-refractivity contribution is 0.483. The molecular weight excluding hydrogens is 328 g/mol. The molecule has 3 nitrogen and oxygen atoms in total. The van der Waals surface area contributed by atoms with Crippen molar-refractivity contribution in [2.24, 2.45) is 0 Å². The molecule has 0 spiro atoms. The average Bonchev–Trinajstić information content (AvgIpc) is 2.37.